The van der Waals surface area contributed by atoms with Gasteiger partial charge in [-0.25, -0.2) is 4.98 Å². The van der Waals surface area contributed by atoms with Gasteiger partial charge in [-0.05, 0) is 63.4 Å². The Bertz CT molecular complexity index is 3590. The van der Waals surface area contributed by atoms with Gasteiger partial charge in [0.1, 0.15) is 11.5 Å². The fourth-order valence-electron chi connectivity index (χ4n) is 8.17. The number of rotatable bonds is 8. The summed E-state index contributed by atoms with van der Waals surface area (Å²) in [6.45, 7) is 1.85. The zero-order valence-corrected chi connectivity index (χ0v) is 35.1. The van der Waals surface area contributed by atoms with Gasteiger partial charge in [0.15, 0.2) is 0 Å². The summed E-state index contributed by atoms with van der Waals surface area (Å²) >= 11 is 0. The van der Waals surface area contributed by atoms with Gasteiger partial charge in [0.2, 0.25) is 12.0 Å². The molecule has 7 heteroatoms. The number of para-hydroxylation sites is 1. The third-order valence-corrected chi connectivity index (χ3v) is 10.9. The van der Waals surface area contributed by atoms with E-state index in [0.717, 1.165) is 66.6 Å². The first-order valence-electron chi connectivity index (χ1n) is 22.0. The standard InChI is InChI=1S/C54H36N4O2.Pt/c1-36-30-51(55-33-47(36)39-20-10-5-11-21-39)58-48-27-13-12-24-45(48)46-29-28-42(32-49(46)58)60-41-23-14-22-40(31-41)50-34-59-54-53(56(2)35-57(50)54)52-43(37-16-6-3-7-17-37)25-15-26-44(52)38-18-8-4-9-19-38;/h3-30,33-34H,1-2H3;/q-2;/i5D,10D,11D,20D,21D;. The van der Waals surface area contributed by atoms with Crippen LogP contribution >= 0.6 is 0 Å². The Morgan fingerprint density at radius 3 is 2.11 bits per heavy atom. The van der Waals surface area contributed by atoms with Gasteiger partial charge < -0.3 is 18.3 Å². The molecule has 296 valence electrons. The Morgan fingerprint density at radius 1 is 0.689 bits per heavy atom. The first-order chi connectivity index (χ1) is 31.7. The summed E-state index contributed by atoms with van der Waals surface area (Å²) in [6, 6.07) is 51.8. The van der Waals surface area contributed by atoms with Crippen molar-refractivity contribution < 1.29 is 41.6 Å². The van der Waals surface area contributed by atoms with Crippen LogP contribution in [0.5, 0.6) is 11.5 Å². The third kappa shape index (κ3) is 6.66. The number of hydrogen-bond acceptors (Lipinski definition) is 3. The van der Waals surface area contributed by atoms with Crippen LogP contribution in [0, 0.1) is 25.4 Å². The Balaban J connectivity index is 0.00000511. The van der Waals surface area contributed by atoms with Crippen molar-refractivity contribution in [3.8, 4) is 73.2 Å². The average molecular weight is 973 g/mol. The molecule has 11 aromatic rings. The predicted octanol–water partition coefficient (Wildman–Crippen LogP) is 12.7. The van der Waals surface area contributed by atoms with Crippen LogP contribution in [0.15, 0.2) is 187 Å². The molecule has 0 aliphatic rings. The van der Waals surface area contributed by atoms with Crippen LogP contribution in [0.4, 0.5) is 0 Å². The summed E-state index contributed by atoms with van der Waals surface area (Å²) in [5, 5.41) is 1.94. The topological polar surface area (TPSA) is 48.5 Å². The number of oxazole rings is 1. The molecule has 0 radical (unpaired) electrons. The number of aromatic nitrogens is 4. The van der Waals surface area contributed by atoms with Gasteiger partial charge in [0, 0.05) is 49.8 Å². The van der Waals surface area contributed by atoms with Gasteiger partial charge in [-0.3, -0.25) is 4.40 Å². The van der Waals surface area contributed by atoms with Crippen molar-refractivity contribution in [1.82, 2.24) is 14.0 Å². The Kier molecular flexibility index (Phi) is 8.39. The second kappa shape index (κ2) is 15.7. The Hall–Kier alpha value is -7.27. The number of benzene rings is 7. The van der Waals surface area contributed by atoms with Crippen LogP contribution in [-0.4, -0.2) is 14.0 Å². The van der Waals surface area contributed by atoms with Crippen LogP contribution in [-0.2, 0) is 28.1 Å². The number of aryl methyl sites for hydroxylation is 2. The molecule has 0 aliphatic heterocycles. The SMILES string of the molecule is [2H]c1c([2H])c([2H])c(-c2cnc(-n3c4[c-]c(Oc5[c-]c(-c6coc7c(-c8c(-c9ccccc9)cccc8-c8ccccc8)[n+](C)[c-]n67)ccc5)ccc4c4ccccc43)cc2C)c([2H])c1[2H].[Pt]. The number of hydrogen-bond donors (Lipinski definition) is 0. The van der Waals surface area contributed by atoms with Crippen molar-refractivity contribution in [2.24, 2.45) is 7.05 Å². The molecule has 6 nitrogen and oxygen atoms in total. The summed E-state index contributed by atoms with van der Waals surface area (Å²) in [6.07, 6.45) is 6.80. The van der Waals surface area contributed by atoms with Gasteiger partial charge in [0.25, 0.3) is 0 Å². The van der Waals surface area contributed by atoms with Crippen molar-refractivity contribution in [1.29, 1.82) is 0 Å². The van der Waals surface area contributed by atoms with Crippen LogP contribution in [0.1, 0.15) is 12.4 Å². The molecule has 61 heavy (non-hydrogen) atoms. The van der Waals surface area contributed by atoms with Gasteiger partial charge >= 0.3 is 0 Å². The van der Waals surface area contributed by atoms with Crippen molar-refractivity contribution in [3.05, 3.63) is 206 Å². The minimum Gasteiger partial charge on any atom is -0.503 e. The van der Waals surface area contributed by atoms with E-state index in [1.807, 2.05) is 100 Å². The molecule has 0 fully saturated rings. The molecule has 0 amide bonds. The van der Waals surface area contributed by atoms with E-state index in [1.54, 1.807) is 12.5 Å². The third-order valence-electron chi connectivity index (χ3n) is 10.9. The van der Waals surface area contributed by atoms with Gasteiger partial charge in [0.05, 0.1) is 25.9 Å². The predicted molar refractivity (Wildman–Crippen MR) is 238 cm³/mol. The minimum atomic E-state index is -0.436. The maximum Gasteiger partial charge on any atom is 0.246 e. The molecule has 4 heterocycles. The second-order valence-electron chi connectivity index (χ2n) is 14.6. The zero-order chi connectivity index (χ0) is 44.5. The maximum absolute atomic E-state index is 8.56. The number of nitrogens with zero attached hydrogens (tertiary/aromatic N) is 4. The number of ether oxygens (including phenoxy) is 1. The molecule has 0 unspecified atom stereocenters. The molecule has 0 bridgehead atoms. The van der Waals surface area contributed by atoms with E-state index < -0.39 is 6.04 Å². The smallest absolute Gasteiger partial charge is 0.246 e. The van der Waals surface area contributed by atoms with Crippen molar-refractivity contribution in [3.63, 3.8) is 0 Å². The first kappa shape index (κ1) is 32.6. The molecule has 0 saturated heterocycles. The zero-order valence-electron chi connectivity index (χ0n) is 37.9. The van der Waals surface area contributed by atoms with Crippen molar-refractivity contribution in [2.75, 3.05) is 0 Å². The van der Waals surface area contributed by atoms with Crippen LogP contribution in [0.25, 0.3) is 89.2 Å². The molecule has 0 aliphatic carbocycles. The van der Waals surface area contributed by atoms with E-state index in [9.17, 15) is 0 Å². The normalized spacial score (nSPS) is 12.5. The van der Waals surface area contributed by atoms with Crippen LogP contribution in [0.2, 0.25) is 0 Å². The number of pyridine rings is 1. The molecule has 0 spiro atoms. The summed E-state index contributed by atoms with van der Waals surface area (Å²) in [5.74, 6) is 1.52. The molecule has 4 aromatic heterocycles. The van der Waals surface area contributed by atoms with Gasteiger partial charge in [-0.2, -0.15) is 6.07 Å². The maximum atomic E-state index is 8.56. The Labute approximate surface area is 374 Å². The molecule has 0 saturated carbocycles. The van der Waals surface area contributed by atoms with E-state index >= 15 is 0 Å². The summed E-state index contributed by atoms with van der Waals surface area (Å²) in [7, 11) is 1.98. The quantitative estimate of drug-likeness (QED) is 0.113. The van der Waals surface area contributed by atoms with E-state index in [1.165, 1.54) is 0 Å². The van der Waals surface area contributed by atoms with Crippen molar-refractivity contribution in [2.45, 2.75) is 6.92 Å². The minimum absolute atomic E-state index is 0. The number of fused-ring (bicyclic) bond motifs is 4. The van der Waals surface area contributed by atoms with E-state index in [0.29, 0.717) is 34.2 Å². The number of imidazole rings is 1. The van der Waals surface area contributed by atoms with Gasteiger partial charge in [-0.1, -0.05) is 144 Å². The van der Waals surface area contributed by atoms with E-state index in [2.05, 4.69) is 85.2 Å². The fourth-order valence-corrected chi connectivity index (χ4v) is 8.17. The summed E-state index contributed by atoms with van der Waals surface area (Å²) in [5.41, 5.74) is 11.3. The molecule has 0 atom stereocenters. The Morgan fingerprint density at radius 2 is 1.38 bits per heavy atom. The van der Waals surface area contributed by atoms with E-state index in [-0.39, 0.29) is 50.8 Å². The summed E-state index contributed by atoms with van der Waals surface area (Å²) in [4.78, 5) is 4.81. The van der Waals surface area contributed by atoms with Crippen LogP contribution in [0.3, 0.4) is 0 Å². The van der Waals surface area contributed by atoms with Gasteiger partial charge in [-0.15, -0.1) is 35.7 Å². The molecule has 7 aromatic carbocycles. The second-order valence-corrected chi connectivity index (χ2v) is 14.6. The first-order valence-corrected chi connectivity index (χ1v) is 19.5. The molecular weight excluding hydrogens is 932 g/mol. The molecule has 0 N–H and O–H groups in total. The summed E-state index contributed by atoms with van der Waals surface area (Å²) < 4.78 is 60.5. The monoisotopic (exact) mass is 972 g/mol. The largest absolute Gasteiger partial charge is 0.503 e. The average Bonchev–Trinajstić information content (AvgIpc) is 4.00. The van der Waals surface area contributed by atoms with E-state index in [4.69, 9.17) is 21.0 Å². The fraction of sp³-hybridized carbons (Fsp3) is 0.0370. The van der Waals surface area contributed by atoms with Crippen molar-refractivity contribution >= 4 is 27.5 Å². The molecular formula is C54H36N4O2Pt-2. The van der Waals surface area contributed by atoms with Crippen LogP contribution < -0.4 is 9.30 Å². The molecule has 11 rings (SSSR count).